The number of nitrogens with zero attached hydrogens (tertiary/aromatic N) is 3. The third-order valence-corrected chi connectivity index (χ3v) is 6.12. The Morgan fingerprint density at radius 1 is 1.32 bits per heavy atom. The molecule has 13 nitrogen and oxygen atoms in total. The van der Waals surface area contributed by atoms with E-state index >= 15 is 0 Å². The van der Waals surface area contributed by atoms with Gasteiger partial charge < -0.3 is 30.1 Å². The smallest absolute Gasteiger partial charge is 0.428 e. The molecule has 2 aliphatic heterocycles. The Bertz CT molecular complexity index is 1050. The maximum Gasteiger partial charge on any atom is 0.511 e. The number of thioether (sulfide) groups is 1. The van der Waals surface area contributed by atoms with Gasteiger partial charge in [0.1, 0.15) is 35.5 Å². The van der Waals surface area contributed by atoms with Gasteiger partial charge in [-0.05, 0) is 26.8 Å². The molecule has 0 saturated carbocycles. The number of esters is 1. The Balaban J connectivity index is 1.58. The van der Waals surface area contributed by atoms with Crippen molar-refractivity contribution in [2.45, 2.75) is 37.8 Å². The maximum absolute atomic E-state index is 12.7. The van der Waals surface area contributed by atoms with E-state index in [0.29, 0.717) is 5.75 Å². The molecule has 0 aromatic carbocycles. The van der Waals surface area contributed by atoms with Crippen LogP contribution in [0.2, 0.25) is 0 Å². The number of aromatic nitrogens is 1. The summed E-state index contributed by atoms with van der Waals surface area (Å²) in [6.45, 7) is 4.29. The van der Waals surface area contributed by atoms with Gasteiger partial charge in [-0.25, -0.2) is 14.6 Å². The number of carbonyl (C=O) groups is 4. The van der Waals surface area contributed by atoms with Gasteiger partial charge in [-0.15, -0.1) is 23.1 Å². The largest absolute Gasteiger partial charge is 0.511 e. The lowest BCUT2D eigenvalue weighted by Gasteiger charge is -2.48. The summed E-state index contributed by atoms with van der Waals surface area (Å²) < 4.78 is 14.6. The lowest BCUT2D eigenvalue weighted by atomic mass is 10.0. The van der Waals surface area contributed by atoms with E-state index in [1.54, 1.807) is 20.8 Å². The van der Waals surface area contributed by atoms with Crippen molar-refractivity contribution in [3.05, 3.63) is 22.8 Å². The van der Waals surface area contributed by atoms with Crippen LogP contribution in [-0.4, -0.2) is 76.2 Å². The number of nitrogen functional groups attached to an aromatic ring is 1. The van der Waals surface area contributed by atoms with Crippen molar-refractivity contribution in [2.24, 2.45) is 5.16 Å². The van der Waals surface area contributed by atoms with Gasteiger partial charge in [-0.3, -0.25) is 14.5 Å². The summed E-state index contributed by atoms with van der Waals surface area (Å²) in [5.74, 6) is -1.67. The number of ether oxygens (including phenoxy) is 3. The quantitative estimate of drug-likeness (QED) is 0.174. The molecule has 1 aromatic heterocycles. The van der Waals surface area contributed by atoms with E-state index in [0.717, 1.165) is 11.3 Å². The van der Waals surface area contributed by atoms with Crippen LogP contribution in [0.25, 0.3) is 0 Å². The highest BCUT2D eigenvalue weighted by molar-refractivity contribution is 8.00. The Kier molecular flexibility index (Phi) is 7.66. The van der Waals surface area contributed by atoms with Crippen LogP contribution in [-0.2, 0) is 33.4 Å². The van der Waals surface area contributed by atoms with Gasteiger partial charge in [0, 0.05) is 11.1 Å². The second-order valence-corrected chi connectivity index (χ2v) is 9.86. The number of nitrogens with one attached hydrogen (secondary N) is 1. The Morgan fingerprint density at radius 3 is 2.68 bits per heavy atom. The van der Waals surface area contributed by atoms with Crippen molar-refractivity contribution in [1.29, 1.82) is 0 Å². The first-order chi connectivity index (χ1) is 16.0. The fraction of sp³-hybridized carbons (Fsp3) is 0.474. The van der Waals surface area contributed by atoms with E-state index in [2.05, 4.69) is 15.5 Å². The highest BCUT2D eigenvalue weighted by Gasteiger charge is 2.53. The van der Waals surface area contributed by atoms with Crippen LogP contribution in [0.5, 0.6) is 0 Å². The van der Waals surface area contributed by atoms with E-state index in [9.17, 15) is 19.2 Å². The minimum atomic E-state index is -0.996. The number of carbonyl (C=O) groups excluding carboxylic acids is 4. The molecule has 0 bridgehead atoms. The van der Waals surface area contributed by atoms with Gasteiger partial charge in [0.15, 0.2) is 10.8 Å². The fourth-order valence-corrected chi connectivity index (χ4v) is 4.66. The summed E-state index contributed by atoms with van der Waals surface area (Å²) in [6.07, 6.45) is 0.521. The van der Waals surface area contributed by atoms with E-state index in [-0.39, 0.29) is 22.2 Å². The average Bonchev–Trinajstić information content (AvgIpc) is 3.19. The molecule has 1 fully saturated rings. The number of rotatable bonds is 7. The Labute approximate surface area is 202 Å². The molecule has 2 atom stereocenters. The highest BCUT2D eigenvalue weighted by Crippen LogP contribution is 2.37. The molecule has 3 heterocycles. The molecule has 2 aliphatic rings. The van der Waals surface area contributed by atoms with Gasteiger partial charge in [0.2, 0.25) is 6.79 Å². The molecule has 2 amide bonds. The molecule has 3 N–H and O–H groups in total. The molecule has 184 valence electrons. The minimum Gasteiger partial charge on any atom is -0.428 e. The minimum absolute atomic E-state index is 0.00917. The number of oxime groups is 1. The summed E-state index contributed by atoms with van der Waals surface area (Å²) in [4.78, 5) is 59.4. The van der Waals surface area contributed by atoms with Crippen molar-refractivity contribution >= 4 is 57.9 Å². The normalized spacial score (nSPS) is 19.9. The van der Waals surface area contributed by atoms with E-state index in [4.69, 9.17) is 24.8 Å². The third-order valence-electron chi connectivity index (χ3n) is 4.26. The second kappa shape index (κ2) is 10.3. The molecule has 1 aromatic rings. The number of hydrogen-bond acceptors (Lipinski definition) is 13. The predicted octanol–water partition coefficient (Wildman–Crippen LogP) is 0.812. The number of β-lactam (4-membered cyclic amide) rings is 1. The zero-order chi connectivity index (χ0) is 25.0. The first-order valence-electron chi connectivity index (χ1n) is 9.83. The van der Waals surface area contributed by atoms with Crippen molar-refractivity contribution < 1.29 is 38.2 Å². The summed E-state index contributed by atoms with van der Waals surface area (Å²) in [6, 6.07) is -0.912. The number of hydrogen-bond donors (Lipinski definition) is 2. The van der Waals surface area contributed by atoms with Gasteiger partial charge in [0.25, 0.3) is 11.8 Å². The highest BCUT2D eigenvalue weighted by atomic mass is 32.2. The van der Waals surface area contributed by atoms with Crippen molar-refractivity contribution in [3.63, 3.8) is 0 Å². The molecule has 0 aliphatic carbocycles. The molecule has 34 heavy (non-hydrogen) atoms. The van der Waals surface area contributed by atoms with Crippen LogP contribution in [0.4, 0.5) is 9.93 Å². The van der Waals surface area contributed by atoms with Gasteiger partial charge in [-0.1, -0.05) is 5.16 Å². The van der Waals surface area contributed by atoms with Crippen LogP contribution in [0.15, 0.2) is 22.3 Å². The zero-order valence-electron chi connectivity index (χ0n) is 18.7. The summed E-state index contributed by atoms with van der Waals surface area (Å²) in [7, 11) is 1.27. The van der Waals surface area contributed by atoms with Crippen molar-refractivity contribution in [2.75, 3.05) is 25.4 Å². The van der Waals surface area contributed by atoms with E-state index in [1.165, 1.54) is 35.2 Å². The average molecular weight is 514 g/mol. The van der Waals surface area contributed by atoms with Crippen LogP contribution >= 0.6 is 23.1 Å². The lowest BCUT2D eigenvalue weighted by Crippen LogP contribution is -2.70. The molecule has 1 saturated heterocycles. The monoisotopic (exact) mass is 513 g/mol. The van der Waals surface area contributed by atoms with Crippen molar-refractivity contribution in [3.8, 4) is 0 Å². The maximum atomic E-state index is 12.7. The van der Waals surface area contributed by atoms with Crippen LogP contribution in [0, 0.1) is 0 Å². The van der Waals surface area contributed by atoms with Crippen LogP contribution in [0.3, 0.4) is 0 Å². The number of nitrogens with two attached hydrogens (primary N) is 1. The topological polar surface area (TPSA) is 172 Å². The van der Waals surface area contributed by atoms with Gasteiger partial charge >= 0.3 is 12.1 Å². The molecular weight excluding hydrogens is 490 g/mol. The van der Waals surface area contributed by atoms with Crippen LogP contribution in [0.1, 0.15) is 26.5 Å². The lowest BCUT2D eigenvalue weighted by molar-refractivity contribution is -0.158. The summed E-state index contributed by atoms with van der Waals surface area (Å²) in [5.41, 5.74) is 4.90. The Hall–Kier alpha value is -3.33. The number of anilines is 1. The fourth-order valence-electron chi connectivity index (χ4n) is 2.92. The molecule has 0 radical (unpaired) electrons. The van der Waals surface area contributed by atoms with E-state index < -0.39 is 47.7 Å². The molecular formula is C19H23N5O8S2. The zero-order valence-corrected chi connectivity index (χ0v) is 20.4. The molecule has 3 rings (SSSR count). The first kappa shape index (κ1) is 25.3. The van der Waals surface area contributed by atoms with Gasteiger partial charge in [0.05, 0.1) is 0 Å². The van der Waals surface area contributed by atoms with Crippen LogP contribution < -0.4 is 11.1 Å². The standard InChI is InChI=1S/C19H23N5O8S2/c1-19(2,3)32-18(28)31-8-30-16(27)10-5-6-33-15-12(14(26)24(10)15)22-13(25)11(23-29-4)9-7-34-17(20)21-9/h5,7,12,15H,6,8H2,1-4H3,(H2,20,21)(H,22,25)/t12?,15-/m0/s1. The van der Waals surface area contributed by atoms with Crippen molar-refractivity contribution in [1.82, 2.24) is 15.2 Å². The summed E-state index contributed by atoms with van der Waals surface area (Å²) >= 11 is 2.46. The number of thiazole rings is 1. The van der Waals surface area contributed by atoms with E-state index in [1.807, 2.05) is 0 Å². The number of amides is 2. The third kappa shape index (κ3) is 5.77. The first-order valence-corrected chi connectivity index (χ1v) is 11.8. The molecule has 1 unspecified atom stereocenters. The predicted molar refractivity (Wildman–Crippen MR) is 121 cm³/mol. The van der Waals surface area contributed by atoms with Gasteiger partial charge in [-0.2, -0.15) is 0 Å². The SMILES string of the molecule is CON=C(C(=O)NC1C(=O)N2C(C(=O)OCOC(=O)OC(C)(C)C)=CCS[C@@H]12)c1csc(N)n1. The second-order valence-electron chi connectivity index (χ2n) is 7.82. The molecule has 0 spiro atoms. The Morgan fingerprint density at radius 2 is 2.06 bits per heavy atom. The summed E-state index contributed by atoms with van der Waals surface area (Å²) in [5, 5.41) is 7.51. The number of fused-ring (bicyclic) bond motifs is 1. The molecule has 15 heteroatoms.